The van der Waals surface area contributed by atoms with Gasteiger partial charge in [-0.15, -0.1) is 0 Å². The summed E-state index contributed by atoms with van der Waals surface area (Å²) in [6.07, 6.45) is 8.62. The Bertz CT molecular complexity index is 261. The highest BCUT2D eigenvalue weighted by Gasteiger charge is 2.29. The predicted octanol–water partition coefficient (Wildman–Crippen LogP) is 2.42. The third-order valence-corrected chi connectivity index (χ3v) is 4.09. The number of nitrogens with one attached hydrogen (secondary N) is 1. The summed E-state index contributed by atoms with van der Waals surface area (Å²) >= 11 is 0. The molecule has 3 fully saturated rings. The Morgan fingerprint density at radius 3 is 2.06 bits per heavy atom. The Labute approximate surface area is 105 Å². The maximum atomic E-state index is 4.25. The van der Waals surface area contributed by atoms with Gasteiger partial charge in [-0.25, -0.2) is 0 Å². The van der Waals surface area contributed by atoms with E-state index >= 15 is 0 Å². The van der Waals surface area contributed by atoms with E-state index < -0.39 is 0 Å². The van der Waals surface area contributed by atoms with Crippen molar-refractivity contribution < 1.29 is 0 Å². The van der Waals surface area contributed by atoms with Gasteiger partial charge in [-0.1, -0.05) is 6.58 Å². The molecular formula is C15H26N2. The van der Waals surface area contributed by atoms with E-state index in [4.69, 9.17) is 0 Å². The van der Waals surface area contributed by atoms with Crippen LogP contribution in [-0.4, -0.2) is 37.1 Å². The zero-order chi connectivity index (χ0) is 11.7. The van der Waals surface area contributed by atoms with Crippen LogP contribution in [0.5, 0.6) is 0 Å². The van der Waals surface area contributed by atoms with Crippen molar-refractivity contribution in [3.63, 3.8) is 0 Å². The lowest BCUT2D eigenvalue weighted by atomic mass is 10.2. The van der Waals surface area contributed by atoms with Crippen molar-refractivity contribution in [3.8, 4) is 0 Å². The Kier molecular flexibility index (Phi) is 3.53. The molecule has 3 saturated carbocycles. The van der Waals surface area contributed by atoms with Gasteiger partial charge in [-0.05, 0) is 55.9 Å². The van der Waals surface area contributed by atoms with Gasteiger partial charge in [0.05, 0.1) is 0 Å². The van der Waals surface area contributed by atoms with Crippen LogP contribution < -0.4 is 5.32 Å². The first-order valence-electron chi connectivity index (χ1n) is 7.42. The van der Waals surface area contributed by atoms with Gasteiger partial charge in [0.2, 0.25) is 0 Å². The summed E-state index contributed by atoms with van der Waals surface area (Å²) in [6, 6.07) is 0.812. The van der Waals surface area contributed by atoms with Crippen LogP contribution in [-0.2, 0) is 0 Å². The molecule has 0 radical (unpaired) electrons. The number of hydrogen-bond acceptors (Lipinski definition) is 2. The molecule has 0 aromatic rings. The third kappa shape index (κ3) is 4.44. The van der Waals surface area contributed by atoms with Crippen molar-refractivity contribution in [2.75, 3.05) is 26.2 Å². The summed E-state index contributed by atoms with van der Waals surface area (Å²) in [7, 11) is 0. The van der Waals surface area contributed by atoms with Crippen LogP contribution >= 0.6 is 0 Å². The SMILES string of the molecule is C=C(CNC1CC1)CN(CC1CC1)CC1CC1. The minimum Gasteiger partial charge on any atom is -0.310 e. The molecule has 0 aromatic carbocycles. The third-order valence-electron chi connectivity index (χ3n) is 4.09. The van der Waals surface area contributed by atoms with Gasteiger partial charge in [-0.3, -0.25) is 4.90 Å². The minimum absolute atomic E-state index is 0.812. The maximum absolute atomic E-state index is 4.25. The lowest BCUT2D eigenvalue weighted by Gasteiger charge is -2.23. The molecule has 17 heavy (non-hydrogen) atoms. The Morgan fingerprint density at radius 2 is 1.59 bits per heavy atom. The predicted molar refractivity (Wildman–Crippen MR) is 72.1 cm³/mol. The monoisotopic (exact) mass is 234 g/mol. The molecule has 1 N–H and O–H groups in total. The smallest absolute Gasteiger partial charge is 0.0203 e. The quantitative estimate of drug-likeness (QED) is 0.616. The molecule has 0 atom stereocenters. The highest BCUT2D eigenvalue weighted by Crippen LogP contribution is 2.33. The molecule has 2 nitrogen and oxygen atoms in total. The summed E-state index contributed by atoms with van der Waals surface area (Å²) < 4.78 is 0. The molecule has 0 unspecified atom stereocenters. The van der Waals surface area contributed by atoms with Crippen molar-refractivity contribution in [1.82, 2.24) is 10.2 Å². The fourth-order valence-corrected chi connectivity index (χ4v) is 2.48. The average Bonchev–Trinajstić information content (AvgIpc) is 3.10. The van der Waals surface area contributed by atoms with Gasteiger partial charge < -0.3 is 5.32 Å². The maximum Gasteiger partial charge on any atom is 0.0203 e. The summed E-state index contributed by atoms with van der Waals surface area (Å²) in [6.45, 7) is 9.08. The molecule has 0 spiro atoms. The summed E-state index contributed by atoms with van der Waals surface area (Å²) in [5.41, 5.74) is 1.39. The van der Waals surface area contributed by atoms with Crippen LogP contribution in [0.15, 0.2) is 12.2 Å². The minimum atomic E-state index is 0.812. The summed E-state index contributed by atoms with van der Waals surface area (Å²) in [4.78, 5) is 2.67. The Balaban J connectivity index is 1.38. The van der Waals surface area contributed by atoms with E-state index in [1.54, 1.807) is 0 Å². The molecule has 0 amide bonds. The average molecular weight is 234 g/mol. The van der Waals surface area contributed by atoms with Gasteiger partial charge in [0, 0.05) is 32.2 Å². The first-order chi connectivity index (χ1) is 8.29. The topological polar surface area (TPSA) is 15.3 Å². The molecule has 3 aliphatic carbocycles. The fraction of sp³-hybridized carbons (Fsp3) is 0.867. The lowest BCUT2D eigenvalue weighted by molar-refractivity contribution is 0.271. The molecule has 0 heterocycles. The van der Waals surface area contributed by atoms with Crippen molar-refractivity contribution in [1.29, 1.82) is 0 Å². The van der Waals surface area contributed by atoms with Gasteiger partial charge >= 0.3 is 0 Å². The van der Waals surface area contributed by atoms with Crippen LogP contribution in [0.2, 0.25) is 0 Å². The Hall–Kier alpha value is -0.340. The van der Waals surface area contributed by atoms with E-state index in [1.165, 1.54) is 57.2 Å². The highest BCUT2D eigenvalue weighted by molar-refractivity contribution is 5.02. The lowest BCUT2D eigenvalue weighted by Crippen LogP contribution is -2.33. The normalized spacial score (nSPS) is 24.3. The molecule has 0 saturated heterocycles. The van der Waals surface area contributed by atoms with E-state index in [-0.39, 0.29) is 0 Å². The van der Waals surface area contributed by atoms with Crippen LogP contribution in [0.1, 0.15) is 38.5 Å². The molecular weight excluding hydrogens is 208 g/mol. The molecule has 3 rings (SSSR count). The second-order valence-corrected chi connectivity index (χ2v) is 6.49. The molecule has 0 aromatic heterocycles. The zero-order valence-corrected chi connectivity index (χ0v) is 11.0. The van der Waals surface area contributed by atoms with Crippen LogP contribution in [0, 0.1) is 11.8 Å². The van der Waals surface area contributed by atoms with E-state index in [1.807, 2.05) is 0 Å². The van der Waals surface area contributed by atoms with Crippen LogP contribution in [0.25, 0.3) is 0 Å². The highest BCUT2D eigenvalue weighted by atomic mass is 15.1. The zero-order valence-electron chi connectivity index (χ0n) is 11.0. The van der Waals surface area contributed by atoms with E-state index in [9.17, 15) is 0 Å². The first kappa shape index (κ1) is 11.7. The van der Waals surface area contributed by atoms with Crippen LogP contribution in [0.4, 0.5) is 0 Å². The van der Waals surface area contributed by atoms with Gasteiger partial charge in [-0.2, -0.15) is 0 Å². The first-order valence-corrected chi connectivity index (χ1v) is 7.42. The number of rotatable bonds is 9. The molecule has 2 heteroatoms. The van der Waals surface area contributed by atoms with Crippen molar-refractivity contribution >= 4 is 0 Å². The molecule has 0 aliphatic heterocycles. The van der Waals surface area contributed by atoms with Gasteiger partial charge in [0.1, 0.15) is 0 Å². The molecule has 96 valence electrons. The van der Waals surface area contributed by atoms with Gasteiger partial charge in [0.15, 0.2) is 0 Å². The van der Waals surface area contributed by atoms with Crippen LogP contribution in [0.3, 0.4) is 0 Å². The van der Waals surface area contributed by atoms with Gasteiger partial charge in [0.25, 0.3) is 0 Å². The second kappa shape index (κ2) is 5.11. The summed E-state index contributed by atoms with van der Waals surface area (Å²) in [5.74, 6) is 2.02. The van der Waals surface area contributed by atoms with Crippen molar-refractivity contribution in [2.24, 2.45) is 11.8 Å². The second-order valence-electron chi connectivity index (χ2n) is 6.49. The van der Waals surface area contributed by atoms with E-state index in [0.717, 1.165) is 31.0 Å². The number of hydrogen-bond donors (Lipinski definition) is 1. The molecule has 0 bridgehead atoms. The van der Waals surface area contributed by atoms with Crippen molar-refractivity contribution in [3.05, 3.63) is 12.2 Å². The Morgan fingerprint density at radius 1 is 1.00 bits per heavy atom. The summed E-state index contributed by atoms with van der Waals surface area (Å²) in [5, 5.41) is 3.57. The fourth-order valence-electron chi connectivity index (χ4n) is 2.48. The van der Waals surface area contributed by atoms with E-state index in [0.29, 0.717) is 0 Å². The molecule has 3 aliphatic rings. The largest absolute Gasteiger partial charge is 0.310 e. The number of nitrogens with zero attached hydrogens (tertiary/aromatic N) is 1. The van der Waals surface area contributed by atoms with E-state index in [2.05, 4.69) is 16.8 Å². The van der Waals surface area contributed by atoms with Crippen molar-refractivity contribution in [2.45, 2.75) is 44.6 Å². The standard InChI is InChI=1S/C15H26N2/c1-12(8-16-15-6-7-15)9-17(10-13-2-3-13)11-14-4-5-14/h13-16H,1-11H2.